The highest BCUT2D eigenvalue weighted by Gasteiger charge is 2.30. The van der Waals surface area contributed by atoms with E-state index in [9.17, 15) is 9.59 Å². The van der Waals surface area contributed by atoms with Crippen LogP contribution in [-0.2, 0) is 15.0 Å². The zero-order chi connectivity index (χ0) is 20.2. The molecular weight excluding hydrogens is 340 g/mol. The Hall–Kier alpha value is -2.82. The van der Waals surface area contributed by atoms with Crippen LogP contribution in [0.3, 0.4) is 0 Å². The summed E-state index contributed by atoms with van der Waals surface area (Å²) in [5.74, 6) is 0.248. The molecule has 0 atom stereocenters. The van der Waals surface area contributed by atoms with Crippen molar-refractivity contribution >= 4 is 23.2 Å². The van der Waals surface area contributed by atoms with Crippen molar-refractivity contribution in [2.75, 3.05) is 10.6 Å². The second-order valence-corrected chi connectivity index (χ2v) is 8.10. The van der Waals surface area contributed by atoms with E-state index in [-0.39, 0.29) is 17.2 Å². The lowest BCUT2D eigenvalue weighted by atomic mass is 9.87. The minimum absolute atomic E-state index is 0.0643. The smallest absolute Gasteiger partial charge is 0.267 e. The largest absolute Gasteiger partial charge is 0.478 e. The summed E-state index contributed by atoms with van der Waals surface area (Å²) in [5.41, 5.74) is 1.54. The number of rotatable bonds is 5. The zero-order valence-corrected chi connectivity index (χ0v) is 16.8. The fourth-order valence-corrected chi connectivity index (χ4v) is 2.49. The lowest BCUT2D eigenvalue weighted by Crippen LogP contribution is -2.42. The van der Waals surface area contributed by atoms with Crippen LogP contribution in [0.1, 0.15) is 47.1 Å². The lowest BCUT2D eigenvalue weighted by molar-refractivity contribution is -0.128. The molecular formula is C22H28N2O3. The van der Waals surface area contributed by atoms with E-state index in [1.165, 1.54) is 12.5 Å². The average Bonchev–Trinajstić information content (AvgIpc) is 2.55. The average molecular weight is 368 g/mol. The number of carbonyl (C=O) groups excluding carboxylic acids is 2. The molecule has 0 aliphatic heterocycles. The standard InChI is InChI=1S/C22H28N2O3/c1-15(25)23-17-9-11-18(12-10-17)24-20(26)22(5,6)27-19-13-7-16(8-14-19)21(2,3)4/h7-14H,1-6H3,(H,23,25)(H,24,26). The molecule has 0 saturated heterocycles. The quantitative estimate of drug-likeness (QED) is 0.801. The van der Waals surface area contributed by atoms with Gasteiger partial charge in [-0.15, -0.1) is 0 Å². The number of amides is 2. The van der Waals surface area contributed by atoms with E-state index in [0.717, 1.165) is 0 Å². The molecule has 2 aromatic rings. The molecule has 5 nitrogen and oxygen atoms in total. The van der Waals surface area contributed by atoms with Gasteiger partial charge >= 0.3 is 0 Å². The summed E-state index contributed by atoms with van der Waals surface area (Å²) in [6, 6.07) is 14.7. The van der Waals surface area contributed by atoms with Crippen molar-refractivity contribution in [3.8, 4) is 5.75 Å². The number of nitrogens with one attached hydrogen (secondary N) is 2. The Morgan fingerprint density at radius 3 is 1.70 bits per heavy atom. The highest BCUT2D eigenvalue weighted by atomic mass is 16.5. The third kappa shape index (κ3) is 5.84. The van der Waals surface area contributed by atoms with E-state index in [0.29, 0.717) is 17.1 Å². The summed E-state index contributed by atoms with van der Waals surface area (Å²) >= 11 is 0. The van der Waals surface area contributed by atoms with Crippen molar-refractivity contribution in [3.63, 3.8) is 0 Å². The van der Waals surface area contributed by atoms with Crippen molar-refractivity contribution in [2.24, 2.45) is 0 Å². The van der Waals surface area contributed by atoms with E-state index in [1.54, 1.807) is 38.1 Å². The van der Waals surface area contributed by atoms with Gasteiger partial charge < -0.3 is 15.4 Å². The molecule has 2 aromatic carbocycles. The molecule has 0 aromatic heterocycles. The van der Waals surface area contributed by atoms with Crippen molar-refractivity contribution in [2.45, 2.75) is 52.6 Å². The number of carbonyl (C=O) groups is 2. The highest BCUT2D eigenvalue weighted by molar-refractivity contribution is 5.97. The number of anilines is 2. The molecule has 27 heavy (non-hydrogen) atoms. The molecule has 144 valence electrons. The predicted octanol–water partition coefficient (Wildman–Crippen LogP) is 4.74. The molecule has 0 unspecified atom stereocenters. The van der Waals surface area contributed by atoms with E-state index in [4.69, 9.17) is 4.74 Å². The summed E-state index contributed by atoms with van der Waals surface area (Å²) in [4.78, 5) is 23.7. The number of hydrogen-bond acceptors (Lipinski definition) is 3. The first-order chi connectivity index (χ1) is 12.5. The van der Waals surface area contributed by atoms with Gasteiger partial charge in [-0.25, -0.2) is 0 Å². The van der Waals surface area contributed by atoms with Crippen LogP contribution in [0.25, 0.3) is 0 Å². The first-order valence-electron chi connectivity index (χ1n) is 8.96. The Morgan fingerprint density at radius 2 is 1.26 bits per heavy atom. The summed E-state index contributed by atoms with van der Waals surface area (Å²) in [5, 5.41) is 5.53. The van der Waals surface area contributed by atoms with Gasteiger partial charge in [0.25, 0.3) is 5.91 Å². The van der Waals surface area contributed by atoms with Crippen LogP contribution in [0.5, 0.6) is 5.75 Å². The Labute approximate surface area is 161 Å². The van der Waals surface area contributed by atoms with Crippen molar-refractivity contribution in [1.82, 2.24) is 0 Å². The number of hydrogen-bond donors (Lipinski definition) is 2. The van der Waals surface area contributed by atoms with Gasteiger partial charge in [0.2, 0.25) is 5.91 Å². The van der Waals surface area contributed by atoms with Crippen molar-refractivity contribution in [3.05, 3.63) is 54.1 Å². The van der Waals surface area contributed by atoms with Gasteiger partial charge in [-0.1, -0.05) is 32.9 Å². The first kappa shape index (κ1) is 20.5. The topological polar surface area (TPSA) is 67.4 Å². The van der Waals surface area contributed by atoms with Gasteiger partial charge in [0.1, 0.15) is 5.75 Å². The Balaban J connectivity index is 2.03. The van der Waals surface area contributed by atoms with Crippen LogP contribution in [0.2, 0.25) is 0 Å². The van der Waals surface area contributed by atoms with Crippen LogP contribution < -0.4 is 15.4 Å². The summed E-state index contributed by atoms with van der Waals surface area (Å²) in [6.07, 6.45) is 0. The molecule has 0 saturated carbocycles. The fraction of sp³-hybridized carbons (Fsp3) is 0.364. The molecule has 5 heteroatoms. The van der Waals surface area contributed by atoms with E-state index < -0.39 is 5.60 Å². The monoisotopic (exact) mass is 368 g/mol. The second-order valence-electron chi connectivity index (χ2n) is 8.10. The molecule has 2 rings (SSSR count). The van der Waals surface area contributed by atoms with Crippen LogP contribution in [0.15, 0.2) is 48.5 Å². The first-order valence-corrected chi connectivity index (χ1v) is 8.96. The lowest BCUT2D eigenvalue weighted by Gasteiger charge is -2.26. The molecule has 0 spiro atoms. The Kier molecular flexibility index (Phi) is 5.94. The molecule has 0 radical (unpaired) electrons. The van der Waals surface area contributed by atoms with Crippen LogP contribution >= 0.6 is 0 Å². The van der Waals surface area contributed by atoms with Crippen molar-refractivity contribution < 1.29 is 14.3 Å². The molecule has 0 fully saturated rings. The maximum Gasteiger partial charge on any atom is 0.267 e. The van der Waals surface area contributed by atoms with Gasteiger partial charge in [0.15, 0.2) is 5.60 Å². The van der Waals surface area contributed by atoms with Crippen molar-refractivity contribution in [1.29, 1.82) is 0 Å². The summed E-state index contributed by atoms with van der Waals surface area (Å²) in [7, 11) is 0. The summed E-state index contributed by atoms with van der Waals surface area (Å²) in [6.45, 7) is 11.4. The van der Waals surface area contributed by atoms with Gasteiger partial charge in [0, 0.05) is 18.3 Å². The third-order valence-electron chi connectivity index (χ3n) is 4.10. The Morgan fingerprint density at radius 1 is 0.778 bits per heavy atom. The fourth-order valence-electron chi connectivity index (χ4n) is 2.49. The molecule has 0 heterocycles. The minimum Gasteiger partial charge on any atom is -0.478 e. The van der Waals surface area contributed by atoms with E-state index >= 15 is 0 Å². The second kappa shape index (κ2) is 7.82. The summed E-state index contributed by atoms with van der Waals surface area (Å²) < 4.78 is 5.91. The number of ether oxygens (including phenoxy) is 1. The molecule has 2 N–H and O–H groups in total. The third-order valence-corrected chi connectivity index (χ3v) is 4.10. The Bertz CT molecular complexity index is 801. The molecule has 2 amide bonds. The number of benzene rings is 2. The van der Waals surface area contributed by atoms with E-state index in [2.05, 4.69) is 31.4 Å². The zero-order valence-electron chi connectivity index (χ0n) is 16.8. The predicted molar refractivity (Wildman–Crippen MR) is 109 cm³/mol. The normalized spacial score (nSPS) is 11.6. The van der Waals surface area contributed by atoms with Crippen LogP contribution in [0, 0.1) is 0 Å². The highest BCUT2D eigenvalue weighted by Crippen LogP contribution is 2.26. The van der Waals surface area contributed by atoms with Crippen LogP contribution in [0.4, 0.5) is 11.4 Å². The maximum absolute atomic E-state index is 12.6. The molecule has 0 aliphatic carbocycles. The van der Waals surface area contributed by atoms with E-state index in [1.807, 2.05) is 24.3 Å². The van der Waals surface area contributed by atoms with Crippen LogP contribution in [-0.4, -0.2) is 17.4 Å². The minimum atomic E-state index is -1.04. The van der Waals surface area contributed by atoms with Gasteiger partial charge in [-0.2, -0.15) is 0 Å². The van der Waals surface area contributed by atoms with Gasteiger partial charge in [-0.05, 0) is 61.2 Å². The molecule has 0 bridgehead atoms. The SMILES string of the molecule is CC(=O)Nc1ccc(NC(=O)C(C)(C)Oc2ccc(C(C)(C)C)cc2)cc1. The maximum atomic E-state index is 12.6. The van der Waals surface area contributed by atoms with Gasteiger partial charge in [-0.3, -0.25) is 9.59 Å². The molecule has 0 aliphatic rings. The van der Waals surface area contributed by atoms with Gasteiger partial charge in [0.05, 0.1) is 0 Å².